The molecular weight excluding hydrogens is 196 g/mol. The van der Waals surface area contributed by atoms with Crippen LogP contribution >= 0.6 is 0 Å². The fourth-order valence-corrected chi connectivity index (χ4v) is 1.44. The van der Waals surface area contributed by atoms with E-state index in [2.05, 4.69) is 0 Å². The molecule has 0 aliphatic rings. The molecule has 0 fully saturated rings. The molecule has 0 aliphatic heterocycles. The minimum Gasteiger partial charge on any atom is -0.458 e. The van der Waals surface area contributed by atoms with Gasteiger partial charge < -0.3 is 19.7 Å². The first-order valence-corrected chi connectivity index (χ1v) is 4.68. The number of aliphatic hydroxyl groups is 3. The van der Waals surface area contributed by atoms with Crippen molar-refractivity contribution in [2.75, 3.05) is 6.61 Å². The van der Waals surface area contributed by atoms with Crippen LogP contribution in [0.1, 0.15) is 11.9 Å². The van der Waals surface area contributed by atoms with E-state index in [9.17, 15) is 10.2 Å². The molecule has 4 heteroatoms. The molecule has 0 bridgehead atoms. The predicted molar refractivity (Wildman–Crippen MR) is 54.3 cm³/mol. The SMILES string of the molecule is OCC(O)C(O)c1cc2ccccc2o1. The van der Waals surface area contributed by atoms with Gasteiger partial charge in [-0.05, 0) is 12.1 Å². The van der Waals surface area contributed by atoms with Crippen LogP contribution in [-0.4, -0.2) is 28.0 Å². The fourth-order valence-electron chi connectivity index (χ4n) is 1.44. The summed E-state index contributed by atoms with van der Waals surface area (Å²) >= 11 is 0. The second-order valence-electron chi connectivity index (χ2n) is 3.38. The van der Waals surface area contributed by atoms with Crippen molar-refractivity contribution in [3.05, 3.63) is 36.1 Å². The highest BCUT2D eigenvalue weighted by molar-refractivity contribution is 5.77. The molecule has 4 nitrogen and oxygen atoms in total. The lowest BCUT2D eigenvalue weighted by Gasteiger charge is -2.12. The molecule has 2 aromatic rings. The van der Waals surface area contributed by atoms with Gasteiger partial charge in [-0.1, -0.05) is 18.2 Å². The quantitative estimate of drug-likeness (QED) is 0.698. The number of aliphatic hydroxyl groups excluding tert-OH is 3. The Kier molecular flexibility index (Phi) is 2.73. The van der Waals surface area contributed by atoms with E-state index in [0.29, 0.717) is 5.58 Å². The Labute approximate surface area is 86.4 Å². The summed E-state index contributed by atoms with van der Waals surface area (Å²) in [5.74, 6) is 0.262. The van der Waals surface area contributed by atoms with Crippen molar-refractivity contribution >= 4 is 11.0 Å². The summed E-state index contributed by atoms with van der Waals surface area (Å²) in [6.45, 7) is -0.502. The monoisotopic (exact) mass is 208 g/mol. The van der Waals surface area contributed by atoms with Crippen molar-refractivity contribution in [3.8, 4) is 0 Å². The summed E-state index contributed by atoms with van der Waals surface area (Å²) in [7, 11) is 0. The van der Waals surface area contributed by atoms with Crippen LogP contribution in [0, 0.1) is 0 Å². The van der Waals surface area contributed by atoms with Crippen LogP contribution in [0.3, 0.4) is 0 Å². The van der Waals surface area contributed by atoms with E-state index in [1.54, 1.807) is 12.1 Å². The molecule has 0 aliphatic carbocycles. The van der Waals surface area contributed by atoms with Gasteiger partial charge in [-0.15, -0.1) is 0 Å². The highest BCUT2D eigenvalue weighted by atomic mass is 16.4. The third kappa shape index (κ3) is 1.87. The summed E-state index contributed by atoms with van der Waals surface area (Å²) < 4.78 is 5.33. The van der Waals surface area contributed by atoms with Crippen LogP contribution in [0.15, 0.2) is 34.7 Å². The average Bonchev–Trinajstić information content (AvgIpc) is 2.70. The molecule has 2 unspecified atom stereocenters. The zero-order valence-corrected chi connectivity index (χ0v) is 8.00. The third-order valence-corrected chi connectivity index (χ3v) is 2.29. The van der Waals surface area contributed by atoms with Crippen LogP contribution < -0.4 is 0 Å². The molecule has 0 amide bonds. The van der Waals surface area contributed by atoms with Gasteiger partial charge >= 0.3 is 0 Å². The minimum atomic E-state index is -1.22. The fraction of sp³-hybridized carbons (Fsp3) is 0.273. The maximum Gasteiger partial charge on any atom is 0.140 e. The Morgan fingerprint density at radius 1 is 1.20 bits per heavy atom. The van der Waals surface area contributed by atoms with Crippen molar-refractivity contribution in [2.45, 2.75) is 12.2 Å². The summed E-state index contributed by atoms with van der Waals surface area (Å²) in [6.07, 6.45) is -2.41. The van der Waals surface area contributed by atoms with Crippen LogP contribution in [0.5, 0.6) is 0 Å². The molecule has 0 spiro atoms. The normalized spacial score (nSPS) is 15.4. The zero-order chi connectivity index (χ0) is 10.8. The van der Waals surface area contributed by atoms with Gasteiger partial charge in [-0.3, -0.25) is 0 Å². The van der Waals surface area contributed by atoms with Crippen molar-refractivity contribution in [1.82, 2.24) is 0 Å². The summed E-state index contributed by atoms with van der Waals surface area (Å²) in [5, 5.41) is 28.4. The summed E-state index contributed by atoms with van der Waals surface area (Å²) in [4.78, 5) is 0. The lowest BCUT2D eigenvalue weighted by molar-refractivity contribution is -0.0245. The lowest BCUT2D eigenvalue weighted by atomic mass is 10.1. The summed E-state index contributed by atoms with van der Waals surface area (Å²) in [5.41, 5.74) is 0.650. The van der Waals surface area contributed by atoms with Gasteiger partial charge in [0, 0.05) is 5.39 Å². The van der Waals surface area contributed by atoms with Crippen molar-refractivity contribution < 1.29 is 19.7 Å². The van der Waals surface area contributed by atoms with Gasteiger partial charge in [0.05, 0.1) is 6.61 Å². The van der Waals surface area contributed by atoms with Crippen molar-refractivity contribution in [3.63, 3.8) is 0 Å². The predicted octanol–water partition coefficient (Wildman–Crippen LogP) is 0.819. The smallest absolute Gasteiger partial charge is 0.140 e. The number of furan rings is 1. The number of rotatable bonds is 3. The molecular formula is C11H12O4. The standard InChI is InChI=1S/C11H12O4/c12-6-8(13)11(14)10-5-7-3-1-2-4-9(7)15-10/h1-5,8,11-14H,6H2. The van der Waals surface area contributed by atoms with E-state index in [4.69, 9.17) is 9.52 Å². The molecule has 0 saturated heterocycles. The first-order chi connectivity index (χ1) is 7.22. The molecule has 15 heavy (non-hydrogen) atoms. The molecule has 1 aromatic carbocycles. The Hall–Kier alpha value is -1.36. The number of hydrogen-bond donors (Lipinski definition) is 3. The van der Waals surface area contributed by atoms with Crippen LogP contribution in [0.2, 0.25) is 0 Å². The molecule has 0 radical (unpaired) electrons. The lowest BCUT2D eigenvalue weighted by Crippen LogP contribution is -2.21. The third-order valence-electron chi connectivity index (χ3n) is 2.29. The van der Waals surface area contributed by atoms with Gasteiger partial charge in [0.15, 0.2) is 0 Å². The molecule has 80 valence electrons. The van der Waals surface area contributed by atoms with Crippen LogP contribution in [-0.2, 0) is 0 Å². The molecule has 1 aromatic heterocycles. The molecule has 3 N–H and O–H groups in total. The van der Waals surface area contributed by atoms with Gasteiger partial charge in [0.2, 0.25) is 0 Å². The first kappa shape index (κ1) is 10.2. The van der Waals surface area contributed by atoms with Crippen LogP contribution in [0.25, 0.3) is 11.0 Å². The maximum atomic E-state index is 9.59. The average molecular weight is 208 g/mol. The van der Waals surface area contributed by atoms with Gasteiger partial charge in [-0.25, -0.2) is 0 Å². The maximum absolute atomic E-state index is 9.59. The van der Waals surface area contributed by atoms with E-state index in [1.807, 2.05) is 18.2 Å². The largest absolute Gasteiger partial charge is 0.458 e. The van der Waals surface area contributed by atoms with Gasteiger partial charge in [0.25, 0.3) is 0 Å². The molecule has 1 heterocycles. The van der Waals surface area contributed by atoms with Crippen LogP contribution in [0.4, 0.5) is 0 Å². The van der Waals surface area contributed by atoms with E-state index >= 15 is 0 Å². The highest BCUT2D eigenvalue weighted by Crippen LogP contribution is 2.25. The van der Waals surface area contributed by atoms with Gasteiger partial charge in [0.1, 0.15) is 23.6 Å². The van der Waals surface area contributed by atoms with E-state index in [1.165, 1.54) is 0 Å². The highest BCUT2D eigenvalue weighted by Gasteiger charge is 2.21. The van der Waals surface area contributed by atoms with Crippen molar-refractivity contribution in [2.24, 2.45) is 0 Å². The van der Waals surface area contributed by atoms with Crippen molar-refractivity contribution in [1.29, 1.82) is 0 Å². The molecule has 2 atom stereocenters. The topological polar surface area (TPSA) is 73.8 Å². The van der Waals surface area contributed by atoms with Gasteiger partial charge in [-0.2, -0.15) is 0 Å². The Balaban J connectivity index is 2.36. The Morgan fingerprint density at radius 3 is 2.60 bits per heavy atom. The molecule has 0 saturated carbocycles. The number of hydrogen-bond acceptors (Lipinski definition) is 4. The Morgan fingerprint density at radius 2 is 1.93 bits per heavy atom. The Bertz CT molecular complexity index is 416. The second-order valence-corrected chi connectivity index (χ2v) is 3.38. The number of fused-ring (bicyclic) bond motifs is 1. The zero-order valence-electron chi connectivity index (χ0n) is 8.00. The first-order valence-electron chi connectivity index (χ1n) is 4.68. The molecule has 2 rings (SSSR count). The van der Waals surface area contributed by atoms with E-state index in [-0.39, 0.29) is 5.76 Å². The number of para-hydroxylation sites is 1. The minimum absolute atomic E-state index is 0.262. The van der Waals surface area contributed by atoms with E-state index in [0.717, 1.165) is 5.39 Å². The second kappa shape index (κ2) is 4.02. The summed E-state index contributed by atoms with van der Waals surface area (Å²) in [6, 6.07) is 8.96. The van der Waals surface area contributed by atoms with E-state index < -0.39 is 18.8 Å². The number of benzene rings is 1.